The molecular formula is C15H23NO3. The van der Waals surface area contributed by atoms with Crippen molar-refractivity contribution in [2.45, 2.75) is 52.2 Å². The molecule has 1 aliphatic heterocycles. The molecule has 0 amide bonds. The summed E-state index contributed by atoms with van der Waals surface area (Å²) in [5.74, 6) is -0.220. The molecule has 1 atom stereocenters. The van der Waals surface area contributed by atoms with Gasteiger partial charge in [0, 0.05) is 19.3 Å². The molecule has 0 radical (unpaired) electrons. The largest absolute Gasteiger partial charge is 0.461 e. The molecule has 0 spiro atoms. The number of nitrogens with zero attached hydrogens (tertiary/aromatic N) is 1. The Morgan fingerprint density at radius 2 is 2.42 bits per heavy atom. The Bertz CT molecular complexity index is 419. The van der Waals surface area contributed by atoms with Gasteiger partial charge >= 0.3 is 5.97 Å². The summed E-state index contributed by atoms with van der Waals surface area (Å²) < 4.78 is 12.7. The summed E-state index contributed by atoms with van der Waals surface area (Å²) in [5, 5.41) is 0. The Kier molecular flexibility index (Phi) is 5.02. The highest BCUT2D eigenvalue weighted by molar-refractivity contribution is 5.89. The van der Waals surface area contributed by atoms with E-state index in [-0.39, 0.29) is 5.97 Å². The first-order chi connectivity index (χ1) is 9.22. The van der Waals surface area contributed by atoms with E-state index in [1.807, 2.05) is 30.7 Å². The number of carbonyl (C=O) groups is 1. The van der Waals surface area contributed by atoms with Crippen LogP contribution in [0.1, 0.15) is 48.7 Å². The molecule has 0 aromatic carbocycles. The maximum atomic E-state index is 11.9. The van der Waals surface area contributed by atoms with Crippen molar-refractivity contribution >= 4 is 5.97 Å². The minimum atomic E-state index is -0.220. The molecule has 0 saturated carbocycles. The van der Waals surface area contributed by atoms with E-state index in [0.29, 0.717) is 18.4 Å². The molecule has 4 heteroatoms. The number of carbonyl (C=O) groups excluding carboxylic acids is 1. The van der Waals surface area contributed by atoms with E-state index in [2.05, 4.69) is 0 Å². The number of aryl methyl sites for hydroxylation is 2. The zero-order valence-corrected chi connectivity index (χ0v) is 11.9. The van der Waals surface area contributed by atoms with Crippen LogP contribution in [0.15, 0.2) is 12.3 Å². The molecule has 0 bridgehead atoms. The van der Waals surface area contributed by atoms with Crippen molar-refractivity contribution in [3.8, 4) is 0 Å². The normalized spacial score (nSPS) is 18.7. The molecule has 1 unspecified atom stereocenters. The molecule has 0 N–H and O–H groups in total. The van der Waals surface area contributed by atoms with Crippen molar-refractivity contribution in [1.29, 1.82) is 0 Å². The molecule has 0 aliphatic carbocycles. The van der Waals surface area contributed by atoms with E-state index < -0.39 is 0 Å². The van der Waals surface area contributed by atoms with Gasteiger partial charge in [-0.15, -0.1) is 0 Å². The van der Waals surface area contributed by atoms with Gasteiger partial charge in [0.1, 0.15) is 5.69 Å². The molecule has 1 fully saturated rings. The van der Waals surface area contributed by atoms with Gasteiger partial charge in [0.05, 0.1) is 12.7 Å². The fourth-order valence-corrected chi connectivity index (χ4v) is 2.61. The van der Waals surface area contributed by atoms with Crippen LogP contribution in [-0.2, 0) is 16.0 Å². The smallest absolute Gasteiger partial charge is 0.355 e. The average molecular weight is 265 g/mol. The lowest BCUT2D eigenvalue weighted by molar-refractivity contribution is 0.0512. The van der Waals surface area contributed by atoms with Crippen molar-refractivity contribution in [2.75, 3.05) is 13.2 Å². The lowest BCUT2D eigenvalue weighted by atomic mass is 10.1. The third-order valence-electron chi connectivity index (χ3n) is 3.58. The lowest BCUT2D eigenvalue weighted by Gasteiger charge is -2.12. The number of hydrogen-bond donors (Lipinski definition) is 0. The summed E-state index contributed by atoms with van der Waals surface area (Å²) in [5.41, 5.74) is 1.67. The summed E-state index contributed by atoms with van der Waals surface area (Å²) in [7, 11) is 0. The molecule has 1 aliphatic rings. The average Bonchev–Trinajstić information content (AvgIpc) is 3.00. The van der Waals surface area contributed by atoms with Crippen molar-refractivity contribution in [3.63, 3.8) is 0 Å². The Morgan fingerprint density at radius 1 is 1.58 bits per heavy atom. The number of rotatable bonds is 6. The lowest BCUT2D eigenvalue weighted by Crippen LogP contribution is -2.14. The van der Waals surface area contributed by atoms with E-state index in [1.165, 1.54) is 12.8 Å². The predicted molar refractivity (Wildman–Crippen MR) is 73.3 cm³/mol. The van der Waals surface area contributed by atoms with Crippen LogP contribution in [0.25, 0.3) is 0 Å². The van der Waals surface area contributed by atoms with Crippen LogP contribution >= 0.6 is 0 Å². The SMILES string of the molecule is CCOC(=O)c1c(C)ccn1CCCC1CCCO1. The Labute approximate surface area is 114 Å². The van der Waals surface area contributed by atoms with E-state index >= 15 is 0 Å². The van der Waals surface area contributed by atoms with Gasteiger partial charge in [-0.2, -0.15) is 0 Å². The van der Waals surface area contributed by atoms with Gasteiger partial charge in [-0.05, 0) is 51.2 Å². The van der Waals surface area contributed by atoms with E-state index in [9.17, 15) is 4.79 Å². The number of hydrogen-bond acceptors (Lipinski definition) is 3. The highest BCUT2D eigenvalue weighted by atomic mass is 16.5. The van der Waals surface area contributed by atoms with Crippen LogP contribution in [-0.4, -0.2) is 29.9 Å². The minimum absolute atomic E-state index is 0.220. The number of esters is 1. The van der Waals surface area contributed by atoms with Crippen molar-refractivity contribution in [2.24, 2.45) is 0 Å². The number of ether oxygens (including phenoxy) is 2. The third-order valence-corrected chi connectivity index (χ3v) is 3.58. The first-order valence-corrected chi connectivity index (χ1v) is 7.16. The zero-order chi connectivity index (χ0) is 13.7. The molecular weight excluding hydrogens is 242 g/mol. The van der Waals surface area contributed by atoms with Crippen LogP contribution in [0.3, 0.4) is 0 Å². The van der Waals surface area contributed by atoms with Gasteiger partial charge in [-0.25, -0.2) is 4.79 Å². The highest BCUT2D eigenvalue weighted by Gasteiger charge is 2.17. The molecule has 1 aromatic rings. The third kappa shape index (κ3) is 3.60. The van der Waals surface area contributed by atoms with Gasteiger partial charge in [-0.3, -0.25) is 0 Å². The summed E-state index contributed by atoms with van der Waals surface area (Å²) in [6, 6.07) is 1.97. The zero-order valence-electron chi connectivity index (χ0n) is 11.9. The topological polar surface area (TPSA) is 40.5 Å². The molecule has 2 heterocycles. The van der Waals surface area contributed by atoms with Gasteiger partial charge in [-0.1, -0.05) is 0 Å². The maximum Gasteiger partial charge on any atom is 0.355 e. The van der Waals surface area contributed by atoms with Crippen LogP contribution in [0.2, 0.25) is 0 Å². The van der Waals surface area contributed by atoms with E-state index in [1.54, 1.807) is 0 Å². The Morgan fingerprint density at radius 3 is 3.11 bits per heavy atom. The quantitative estimate of drug-likeness (QED) is 0.742. The molecule has 1 saturated heterocycles. The summed E-state index contributed by atoms with van der Waals surface area (Å²) >= 11 is 0. The summed E-state index contributed by atoms with van der Waals surface area (Å²) in [4.78, 5) is 11.9. The van der Waals surface area contributed by atoms with Gasteiger partial charge < -0.3 is 14.0 Å². The van der Waals surface area contributed by atoms with Crippen LogP contribution < -0.4 is 0 Å². The fourth-order valence-electron chi connectivity index (χ4n) is 2.61. The summed E-state index contributed by atoms with van der Waals surface area (Å²) in [6.45, 7) is 5.95. The molecule has 1 aromatic heterocycles. The molecule has 19 heavy (non-hydrogen) atoms. The predicted octanol–water partition coefficient (Wildman–Crippen LogP) is 2.93. The maximum absolute atomic E-state index is 11.9. The van der Waals surface area contributed by atoms with Crippen molar-refractivity contribution < 1.29 is 14.3 Å². The Balaban J connectivity index is 1.90. The second-order valence-electron chi connectivity index (χ2n) is 5.04. The van der Waals surface area contributed by atoms with Gasteiger partial charge in [0.15, 0.2) is 0 Å². The first-order valence-electron chi connectivity index (χ1n) is 7.16. The van der Waals surface area contributed by atoms with Gasteiger partial charge in [0.25, 0.3) is 0 Å². The van der Waals surface area contributed by atoms with Crippen LogP contribution in [0.4, 0.5) is 0 Å². The Hall–Kier alpha value is -1.29. The highest BCUT2D eigenvalue weighted by Crippen LogP contribution is 2.18. The molecule has 106 valence electrons. The van der Waals surface area contributed by atoms with Crippen molar-refractivity contribution in [3.05, 3.63) is 23.5 Å². The number of aromatic nitrogens is 1. The van der Waals surface area contributed by atoms with Crippen LogP contribution in [0.5, 0.6) is 0 Å². The van der Waals surface area contributed by atoms with Crippen LogP contribution in [0, 0.1) is 6.92 Å². The first kappa shape index (κ1) is 14.1. The van der Waals surface area contributed by atoms with Crippen molar-refractivity contribution in [1.82, 2.24) is 4.57 Å². The summed E-state index contributed by atoms with van der Waals surface area (Å²) in [6.07, 6.45) is 6.85. The fraction of sp³-hybridized carbons (Fsp3) is 0.667. The second kappa shape index (κ2) is 6.75. The molecule has 2 rings (SSSR count). The standard InChI is InChI=1S/C15H23NO3/c1-3-18-15(17)14-12(2)8-10-16(14)9-4-6-13-7-5-11-19-13/h8,10,13H,3-7,9,11H2,1-2H3. The van der Waals surface area contributed by atoms with E-state index in [0.717, 1.165) is 31.6 Å². The second-order valence-corrected chi connectivity index (χ2v) is 5.04. The minimum Gasteiger partial charge on any atom is -0.461 e. The monoisotopic (exact) mass is 265 g/mol. The van der Waals surface area contributed by atoms with Gasteiger partial charge in [0.2, 0.25) is 0 Å². The van der Waals surface area contributed by atoms with E-state index in [4.69, 9.17) is 9.47 Å². The molecule has 4 nitrogen and oxygen atoms in total.